The van der Waals surface area contributed by atoms with Gasteiger partial charge in [-0.2, -0.15) is 4.31 Å². The Bertz CT molecular complexity index is 1220. The maximum atomic E-state index is 13.0. The van der Waals surface area contributed by atoms with Gasteiger partial charge in [-0.25, -0.2) is 8.42 Å². The summed E-state index contributed by atoms with van der Waals surface area (Å²) in [4.78, 5) is 13.8. The molecule has 9 nitrogen and oxygen atoms in total. The van der Waals surface area contributed by atoms with Crippen LogP contribution in [0, 0.1) is 0 Å². The van der Waals surface area contributed by atoms with Gasteiger partial charge in [0.05, 0.1) is 17.1 Å². The van der Waals surface area contributed by atoms with Gasteiger partial charge in [0, 0.05) is 36.3 Å². The Morgan fingerprint density at radius 2 is 1.70 bits per heavy atom. The van der Waals surface area contributed by atoms with Crippen LogP contribution in [0.5, 0.6) is 0 Å². The van der Waals surface area contributed by atoms with E-state index in [0.717, 1.165) is 10.1 Å². The minimum Gasteiger partial charge on any atom is -0.373 e. The number of carbonyl (C=O) groups is 1. The summed E-state index contributed by atoms with van der Waals surface area (Å²) >= 11 is 1.47. The van der Waals surface area contributed by atoms with Crippen LogP contribution in [0.2, 0.25) is 0 Å². The molecule has 1 aliphatic rings. The molecule has 1 aromatic heterocycles. The van der Waals surface area contributed by atoms with Crippen LogP contribution in [-0.4, -0.2) is 58.7 Å². The Morgan fingerprint density at radius 1 is 1.06 bits per heavy atom. The molecular weight excluding hydrogens is 462 g/mol. The van der Waals surface area contributed by atoms with Crippen LogP contribution in [0.3, 0.4) is 0 Å². The molecule has 2 aromatic carbocycles. The van der Waals surface area contributed by atoms with Gasteiger partial charge >= 0.3 is 0 Å². The predicted molar refractivity (Wildman–Crippen MR) is 125 cm³/mol. The average molecular weight is 488 g/mol. The van der Waals surface area contributed by atoms with E-state index in [1.54, 1.807) is 18.5 Å². The maximum Gasteiger partial charge on any atom is 0.255 e. The van der Waals surface area contributed by atoms with Crippen LogP contribution in [0.1, 0.15) is 24.2 Å². The van der Waals surface area contributed by atoms with E-state index in [9.17, 15) is 13.2 Å². The first-order chi connectivity index (χ1) is 15.7. The summed E-state index contributed by atoms with van der Waals surface area (Å²) in [6.45, 7) is 4.32. The topological polar surface area (TPSA) is 106 Å². The van der Waals surface area contributed by atoms with E-state index in [0.29, 0.717) is 24.3 Å². The van der Waals surface area contributed by atoms with Gasteiger partial charge in [-0.1, -0.05) is 0 Å². The summed E-state index contributed by atoms with van der Waals surface area (Å²) in [6.07, 6.45) is 1.30. The van der Waals surface area contributed by atoms with Gasteiger partial charge in [0.1, 0.15) is 6.33 Å². The van der Waals surface area contributed by atoms with Gasteiger partial charge in [-0.05, 0) is 74.1 Å². The van der Waals surface area contributed by atoms with Gasteiger partial charge in [0.25, 0.3) is 5.91 Å². The Kier molecular flexibility index (Phi) is 6.84. The highest BCUT2D eigenvalue weighted by Gasteiger charge is 2.32. The average Bonchev–Trinajstić information content (AvgIpc) is 3.19. The van der Waals surface area contributed by atoms with Crippen LogP contribution >= 0.6 is 11.8 Å². The van der Waals surface area contributed by atoms with E-state index in [1.807, 2.05) is 37.6 Å². The van der Waals surface area contributed by atoms with Gasteiger partial charge in [-0.3, -0.25) is 4.79 Å². The minimum atomic E-state index is -3.65. The molecular formula is C22H25N5O4S2. The number of aromatic nitrogens is 3. The third-order valence-electron chi connectivity index (χ3n) is 5.13. The molecule has 1 saturated heterocycles. The van der Waals surface area contributed by atoms with Crippen molar-refractivity contribution in [1.82, 2.24) is 19.1 Å². The fraction of sp³-hybridized carbons (Fsp3) is 0.318. The third kappa shape index (κ3) is 5.44. The highest BCUT2D eigenvalue weighted by atomic mass is 32.2. The number of carbonyl (C=O) groups excluding carboxylic acids is 1. The molecule has 3 aromatic rings. The number of benzene rings is 2. The molecule has 11 heteroatoms. The molecule has 2 heterocycles. The second-order valence-corrected chi connectivity index (χ2v) is 10.9. The quantitative estimate of drug-likeness (QED) is 0.570. The summed E-state index contributed by atoms with van der Waals surface area (Å²) in [5.41, 5.74) is 1.01. The van der Waals surface area contributed by atoms with E-state index in [-0.39, 0.29) is 23.0 Å². The first-order valence-corrected chi connectivity index (χ1v) is 12.7. The second-order valence-electron chi connectivity index (χ2n) is 7.91. The molecule has 0 saturated carbocycles. The van der Waals surface area contributed by atoms with E-state index < -0.39 is 10.0 Å². The molecule has 0 bridgehead atoms. The normalized spacial score (nSPS) is 19.4. The zero-order valence-corrected chi connectivity index (χ0v) is 20.1. The van der Waals surface area contributed by atoms with Gasteiger partial charge in [-0.15, -0.1) is 10.2 Å². The van der Waals surface area contributed by atoms with Crippen molar-refractivity contribution in [1.29, 1.82) is 0 Å². The number of morpholine rings is 1. The highest BCUT2D eigenvalue weighted by molar-refractivity contribution is 7.99. The summed E-state index contributed by atoms with van der Waals surface area (Å²) in [7, 11) is -1.78. The zero-order valence-electron chi connectivity index (χ0n) is 18.5. The van der Waals surface area contributed by atoms with E-state index >= 15 is 0 Å². The summed E-state index contributed by atoms with van der Waals surface area (Å²) < 4.78 is 34.8. The summed E-state index contributed by atoms with van der Waals surface area (Å²) in [6, 6.07) is 13.4. The molecule has 1 fully saturated rings. The number of anilines is 1. The molecule has 1 N–H and O–H groups in total. The number of nitrogens with one attached hydrogen (secondary N) is 1. The number of sulfonamides is 1. The lowest BCUT2D eigenvalue weighted by Crippen LogP contribution is -2.48. The monoisotopic (exact) mass is 487 g/mol. The SMILES string of the molecule is CC1CN(S(=O)(=O)c2ccc(C(=O)Nc3ccc(Sc4nncn4C)cc3)cc2)CC(C)O1. The Hall–Kier alpha value is -2.73. The number of rotatable bonds is 6. The van der Waals surface area contributed by atoms with Crippen molar-refractivity contribution in [3.05, 3.63) is 60.4 Å². The van der Waals surface area contributed by atoms with E-state index in [2.05, 4.69) is 15.5 Å². The molecule has 2 atom stereocenters. The molecule has 0 spiro atoms. The second kappa shape index (κ2) is 9.64. The minimum absolute atomic E-state index is 0.158. The number of ether oxygens (including phenoxy) is 1. The van der Waals surface area contributed by atoms with Crippen molar-refractivity contribution in [2.24, 2.45) is 7.05 Å². The molecule has 1 aliphatic heterocycles. The Balaban J connectivity index is 1.40. The van der Waals surface area contributed by atoms with Crippen LogP contribution in [0.25, 0.3) is 0 Å². The summed E-state index contributed by atoms with van der Waals surface area (Å²) in [5, 5.41) is 11.5. The van der Waals surface area contributed by atoms with Crippen LogP contribution < -0.4 is 5.32 Å². The molecule has 2 unspecified atom stereocenters. The van der Waals surface area contributed by atoms with Crippen molar-refractivity contribution in [2.75, 3.05) is 18.4 Å². The number of hydrogen-bond donors (Lipinski definition) is 1. The van der Waals surface area contributed by atoms with Gasteiger partial charge in [0.15, 0.2) is 5.16 Å². The molecule has 174 valence electrons. The van der Waals surface area contributed by atoms with Crippen molar-refractivity contribution >= 4 is 33.4 Å². The van der Waals surface area contributed by atoms with Crippen molar-refractivity contribution in [3.63, 3.8) is 0 Å². The van der Waals surface area contributed by atoms with E-state index in [4.69, 9.17) is 4.74 Å². The number of nitrogens with zero attached hydrogens (tertiary/aromatic N) is 4. The predicted octanol–water partition coefficient (Wildman–Crippen LogP) is 3.02. The lowest BCUT2D eigenvalue weighted by Gasteiger charge is -2.34. The fourth-order valence-electron chi connectivity index (χ4n) is 3.53. The van der Waals surface area contributed by atoms with E-state index in [1.165, 1.54) is 40.3 Å². The smallest absolute Gasteiger partial charge is 0.255 e. The number of hydrogen-bond acceptors (Lipinski definition) is 7. The summed E-state index contributed by atoms with van der Waals surface area (Å²) in [5.74, 6) is -0.318. The molecule has 0 radical (unpaired) electrons. The largest absolute Gasteiger partial charge is 0.373 e. The first kappa shape index (κ1) is 23.4. The Labute approximate surface area is 197 Å². The lowest BCUT2D eigenvalue weighted by atomic mass is 10.2. The van der Waals surface area contributed by atoms with Gasteiger partial charge < -0.3 is 14.6 Å². The third-order valence-corrected chi connectivity index (χ3v) is 8.04. The number of amides is 1. The van der Waals surface area contributed by atoms with Crippen molar-refractivity contribution < 1.29 is 17.9 Å². The zero-order chi connectivity index (χ0) is 23.6. The van der Waals surface area contributed by atoms with Crippen molar-refractivity contribution in [2.45, 2.75) is 41.0 Å². The Morgan fingerprint density at radius 3 is 2.27 bits per heavy atom. The number of aryl methyl sites for hydroxylation is 1. The molecule has 0 aliphatic carbocycles. The lowest BCUT2D eigenvalue weighted by molar-refractivity contribution is -0.0440. The first-order valence-electron chi connectivity index (χ1n) is 10.4. The molecule has 33 heavy (non-hydrogen) atoms. The highest BCUT2D eigenvalue weighted by Crippen LogP contribution is 2.27. The standard InChI is InChI=1S/C22H25N5O4S2/c1-15-12-27(13-16(2)31-15)33(29,30)20-10-4-17(5-11-20)21(28)24-18-6-8-19(9-7-18)32-22-25-23-14-26(22)3/h4-11,14-16H,12-13H2,1-3H3,(H,24,28). The van der Waals surface area contributed by atoms with Crippen LogP contribution in [0.4, 0.5) is 5.69 Å². The van der Waals surface area contributed by atoms with Crippen molar-refractivity contribution in [3.8, 4) is 0 Å². The van der Waals surface area contributed by atoms with Gasteiger partial charge in [0.2, 0.25) is 10.0 Å². The molecule has 4 rings (SSSR count). The maximum absolute atomic E-state index is 13.0. The molecule has 1 amide bonds. The fourth-order valence-corrected chi connectivity index (χ4v) is 5.89. The van der Waals surface area contributed by atoms with Crippen LogP contribution in [0.15, 0.2) is 69.8 Å². The van der Waals surface area contributed by atoms with Crippen LogP contribution in [-0.2, 0) is 21.8 Å².